The van der Waals surface area contributed by atoms with Gasteiger partial charge in [-0.3, -0.25) is 0 Å². The highest BCUT2D eigenvalue weighted by atomic mass is 16.5. The zero-order chi connectivity index (χ0) is 25.8. The standard InChI is InChI=1S/C20H15BO2/c1-12-6-8-16-14(10-12)21-15-11-13(2)7-9-17(15)23-19-5-3-4-18(22-16)20(19)21/h3-11H,1-2H3/i1D3,2D3,6D,7D,8D,9D,10D,11D. The Bertz CT molecular complexity index is 1340. The molecule has 2 aliphatic rings. The maximum atomic E-state index is 8.73. The average Bonchev–Trinajstić information content (AvgIpc) is 2.73. The van der Waals surface area contributed by atoms with Gasteiger partial charge in [-0.15, -0.1) is 0 Å². The molecule has 2 aliphatic heterocycles. The number of fused-ring (bicyclic) bond motifs is 4. The minimum atomic E-state index is -2.91. The summed E-state index contributed by atoms with van der Waals surface area (Å²) in [4.78, 5) is 0. The molecule has 0 spiro atoms. The summed E-state index contributed by atoms with van der Waals surface area (Å²) in [6, 6.07) is 0.884. The highest BCUT2D eigenvalue weighted by Crippen LogP contribution is 2.34. The van der Waals surface area contributed by atoms with Crippen molar-refractivity contribution in [2.75, 3.05) is 0 Å². The largest absolute Gasteiger partial charge is 0.458 e. The molecule has 0 saturated heterocycles. The molecule has 0 bridgehead atoms. The molecule has 0 atom stereocenters. The summed E-state index contributed by atoms with van der Waals surface area (Å²) >= 11 is 0. The zero-order valence-electron chi connectivity index (χ0n) is 23.6. The Hall–Kier alpha value is -2.68. The first kappa shape index (κ1) is 5.75. The normalized spacial score (nSPS) is 22.0. The molecule has 0 radical (unpaired) electrons. The topological polar surface area (TPSA) is 18.5 Å². The van der Waals surface area contributed by atoms with E-state index in [0.717, 1.165) is 0 Å². The summed E-state index contributed by atoms with van der Waals surface area (Å²) in [6.07, 6.45) is 0. The van der Waals surface area contributed by atoms with Gasteiger partial charge in [0.05, 0.1) is 8.22 Å². The summed E-state index contributed by atoms with van der Waals surface area (Å²) in [6.45, 7) is -7.01. The summed E-state index contributed by atoms with van der Waals surface area (Å²) in [5, 5.41) is 0. The zero-order valence-corrected chi connectivity index (χ0v) is 11.6. The van der Waals surface area contributed by atoms with Crippen LogP contribution in [0.4, 0.5) is 0 Å². The van der Waals surface area contributed by atoms with Crippen LogP contribution in [0, 0.1) is 13.7 Å². The van der Waals surface area contributed by atoms with Crippen LogP contribution in [0.15, 0.2) is 54.5 Å². The lowest BCUT2D eigenvalue weighted by atomic mass is 9.34. The third-order valence-electron chi connectivity index (χ3n) is 3.93. The minimum Gasteiger partial charge on any atom is -0.458 e. The molecule has 0 aromatic heterocycles. The molecule has 0 unspecified atom stereocenters. The lowest BCUT2D eigenvalue weighted by Gasteiger charge is -2.33. The van der Waals surface area contributed by atoms with E-state index in [-0.39, 0.29) is 39.4 Å². The Morgan fingerprint density at radius 1 is 0.826 bits per heavy atom. The van der Waals surface area contributed by atoms with E-state index < -0.39 is 67.8 Å². The Morgan fingerprint density at radius 2 is 1.39 bits per heavy atom. The van der Waals surface area contributed by atoms with Crippen LogP contribution in [0.25, 0.3) is 0 Å². The smallest absolute Gasteiger partial charge is 0.260 e. The number of hydrogen-bond acceptors (Lipinski definition) is 2. The van der Waals surface area contributed by atoms with E-state index in [9.17, 15) is 0 Å². The van der Waals surface area contributed by atoms with Crippen molar-refractivity contribution in [1.29, 1.82) is 0 Å². The van der Waals surface area contributed by atoms with Crippen molar-refractivity contribution in [3.05, 3.63) is 65.6 Å². The molecule has 110 valence electrons. The van der Waals surface area contributed by atoms with Gasteiger partial charge in [0.2, 0.25) is 0 Å². The quantitative estimate of drug-likeness (QED) is 0.409. The second-order valence-electron chi connectivity index (χ2n) is 5.29. The summed E-state index contributed by atoms with van der Waals surface area (Å²) in [5.74, 6) is -0.189. The Morgan fingerprint density at radius 3 is 1.91 bits per heavy atom. The first-order chi connectivity index (χ1) is 16.2. The fraction of sp³-hybridized carbons (Fsp3) is 0.100. The molecule has 0 N–H and O–H groups in total. The van der Waals surface area contributed by atoms with E-state index in [0.29, 0.717) is 0 Å². The van der Waals surface area contributed by atoms with Crippen LogP contribution in [0.1, 0.15) is 27.6 Å². The van der Waals surface area contributed by atoms with Gasteiger partial charge in [0.25, 0.3) is 6.71 Å². The van der Waals surface area contributed by atoms with Gasteiger partial charge < -0.3 is 9.47 Å². The van der Waals surface area contributed by atoms with Crippen molar-refractivity contribution in [2.24, 2.45) is 0 Å². The molecule has 5 rings (SSSR count). The molecular weight excluding hydrogens is 283 g/mol. The Balaban J connectivity index is 1.98. The molecule has 3 heteroatoms. The van der Waals surface area contributed by atoms with Gasteiger partial charge in [-0.05, 0) is 48.8 Å². The van der Waals surface area contributed by atoms with Crippen molar-refractivity contribution in [1.82, 2.24) is 0 Å². The van der Waals surface area contributed by atoms with Gasteiger partial charge in [0.1, 0.15) is 23.0 Å². The second kappa shape index (κ2) is 4.42. The molecule has 0 fully saturated rings. The molecule has 0 amide bonds. The summed E-state index contributed by atoms with van der Waals surface area (Å²) in [5.41, 5.74) is -1.35. The number of hydrogen-bond donors (Lipinski definition) is 0. The van der Waals surface area contributed by atoms with Crippen molar-refractivity contribution >= 4 is 23.1 Å². The Labute approximate surface area is 152 Å². The van der Waals surface area contributed by atoms with Gasteiger partial charge in [0, 0.05) is 13.7 Å². The van der Waals surface area contributed by atoms with Crippen LogP contribution in [-0.2, 0) is 0 Å². The van der Waals surface area contributed by atoms with Gasteiger partial charge >= 0.3 is 0 Å². The first-order valence-corrected chi connectivity index (χ1v) is 6.93. The van der Waals surface area contributed by atoms with Crippen molar-refractivity contribution < 1.29 is 25.9 Å². The van der Waals surface area contributed by atoms with Crippen LogP contribution in [0.3, 0.4) is 0 Å². The van der Waals surface area contributed by atoms with Crippen LogP contribution in [0.5, 0.6) is 23.0 Å². The lowest BCUT2D eigenvalue weighted by molar-refractivity contribution is 0.464. The van der Waals surface area contributed by atoms with E-state index in [4.69, 9.17) is 25.9 Å². The van der Waals surface area contributed by atoms with Crippen LogP contribution >= 0.6 is 0 Å². The SMILES string of the molecule is [2H]c1c([2H])c(C([2H])([2H])[2H])c([2H])c2c1Oc1cccc3c1B2c1c([2H])c(C([2H])([2H])[2H])c([2H])c([2H])c1O3. The predicted octanol–water partition coefficient (Wildman–Crippen LogP) is 3.03. The third-order valence-corrected chi connectivity index (χ3v) is 3.93. The molecular formula is C20H15BO2. The van der Waals surface area contributed by atoms with E-state index in [2.05, 4.69) is 0 Å². The minimum absolute atomic E-state index is 0.135. The summed E-state index contributed by atoms with van der Waals surface area (Å²) in [7, 11) is 0. The predicted molar refractivity (Wildman–Crippen MR) is 93.6 cm³/mol. The van der Waals surface area contributed by atoms with Gasteiger partial charge in [0.15, 0.2) is 0 Å². The van der Waals surface area contributed by atoms with E-state index in [1.807, 2.05) is 0 Å². The molecule has 3 aromatic carbocycles. The maximum absolute atomic E-state index is 8.73. The molecule has 0 aliphatic carbocycles. The van der Waals surface area contributed by atoms with Crippen molar-refractivity contribution in [3.8, 4) is 23.0 Å². The maximum Gasteiger partial charge on any atom is 0.260 e. The molecule has 3 aromatic rings. The average molecular weight is 310 g/mol. The van der Waals surface area contributed by atoms with Gasteiger partial charge in [-0.25, -0.2) is 0 Å². The second-order valence-corrected chi connectivity index (χ2v) is 5.29. The van der Waals surface area contributed by atoms with Crippen LogP contribution in [-0.4, -0.2) is 6.71 Å². The summed E-state index contributed by atoms with van der Waals surface area (Å²) < 4.78 is 109. The first-order valence-electron chi connectivity index (χ1n) is 12.9. The highest BCUT2D eigenvalue weighted by molar-refractivity contribution is 6.98. The highest BCUT2D eigenvalue weighted by Gasteiger charge is 2.39. The third kappa shape index (κ3) is 1.77. The molecule has 0 saturated carbocycles. The van der Waals surface area contributed by atoms with Crippen LogP contribution in [0.2, 0.25) is 0 Å². The number of ether oxygens (including phenoxy) is 2. The Kier molecular flexibility index (Phi) is 1.11. The number of benzene rings is 3. The van der Waals surface area contributed by atoms with E-state index >= 15 is 0 Å². The van der Waals surface area contributed by atoms with Crippen molar-refractivity contribution in [2.45, 2.75) is 13.7 Å². The fourth-order valence-corrected chi connectivity index (χ4v) is 3.03. The van der Waals surface area contributed by atoms with E-state index in [1.54, 1.807) is 6.07 Å². The fourth-order valence-electron chi connectivity index (χ4n) is 3.03. The number of rotatable bonds is 0. The van der Waals surface area contributed by atoms with E-state index in [1.165, 1.54) is 12.1 Å². The van der Waals surface area contributed by atoms with Gasteiger partial charge in [-0.2, -0.15) is 0 Å². The van der Waals surface area contributed by atoms with Crippen LogP contribution < -0.4 is 25.9 Å². The molecule has 2 heterocycles. The van der Waals surface area contributed by atoms with Gasteiger partial charge in [-0.1, -0.05) is 41.4 Å². The van der Waals surface area contributed by atoms with Crippen molar-refractivity contribution in [3.63, 3.8) is 0 Å². The molecule has 23 heavy (non-hydrogen) atoms. The lowest BCUT2D eigenvalue weighted by Crippen LogP contribution is -2.57. The molecule has 2 nitrogen and oxygen atoms in total. The monoisotopic (exact) mass is 310 g/mol.